The van der Waals surface area contributed by atoms with E-state index in [9.17, 15) is 9.59 Å². The quantitative estimate of drug-likeness (QED) is 0.762. The zero-order chi connectivity index (χ0) is 18.9. The van der Waals surface area contributed by atoms with Gasteiger partial charge in [0.15, 0.2) is 0 Å². The van der Waals surface area contributed by atoms with Crippen LogP contribution in [0.4, 0.5) is 5.69 Å². The first kappa shape index (κ1) is 17.0. The van der Waals surface area contributed by atoms with Gasteiger partial charge < -0.3 is 4.74 Å². The van der Waals surface area contributed by atoms with E-state index in [-0.39, 0.29) is 35.9 Å². The lowest BCUT2D eigenvalue weighted by Crippen LogP contribution is -2.35. The van der Waals surface area contributed by atoms with Gasteiger partial charge in [-0.3, -0.25) is 14.3 Å². The summed E-state index contributed by atoms with van der Waals surface area (Å²) >= 11 is 6.28. The van der Waals surface area contributed by atoms with Crippen LogP contribution in [0.3, 0.4) is 0 Å². The third-order valence-corrected chi connectivity index (χ3v) is 6.50. The van der Waals surface area contributed by atoms with Crippen LogP contribution in [0.2, 0.25) is 5.02 Å². The Labute approximate surface area is 162 Å². The molecule has 5 rings (SSSR count). The highest BCUT2D eigenvalue weighted by Gasteiger charge is 2.63. The van der Waals surface area contributed by atoms with Crippen molar-refractivity contribution in [3.05, 3.63) is 46.2 Å². The van der Waals surface area contributed by atoms with Gasteiger partial charge in [0.1, 0.15) is 0 Å². The molecule has 7 heteroatoms. The largest absolute Gasteiger partial charge is 0.373 e. The fourth-order valence-electron chi connectivity index (χ4n) is 4.89. The SMILES string of the molecule is Cc1nn(Cc2ccccc2Cl)c(C)c1N1C(=O)[C@@H]2[C@H](C1=O)[C@@H]1CC[C@@H]2O1. The van der Waals surface area contributed by atoms with Crippen molar-refractivity contribution in [2.75, 3.05) is 4.90 Å². The van der Waals surface area contributed by atoms with E-state index in [1.165, 1.54) is 4.90 Å². The topological polar surface area (TPSA) is 64.4 Å². The molecular formula is C20H20ClN3O3. The Balaban J connectivity index is 1.51. The van der Waals surface area contributed by atoms with Gasteiger partial charge in [0.05, 0.1) is 47.7 Å². The summed E-state index contributed by atoms with van der Waals surface area (Å²) in [6, 6.07) is 7.60. The number of halogens is 1. The average Bonchev–Trinajstić information content (AvgIpc) is 3.37. The van der Waals surface area contributed by atoms with Crippen LogP contribution in [-0.2, 0) is 20.9 Å². The van der Waals surface area contributed by atoms with Crippen LogP contribution in [0, 0.1) is 25.7 Å². The van der Waals surface area contributed by atoms with Gasteiger partial charge in [0, 0.05) is 5.02 Å². The average molecular weight is 386 g/mol. The minimum atomic E-state index is -0.332. The van der Waals surface area contributed by atoms with E-state index < -0.39 is 0 Å². The molecule has 1 aromatic heterocycles. The lowest BCUT2D eigenvalue weighted by molar-refractivity contribution is -0.124. The highest BCUT2D eigenvalue weighted by molar-refractivity contribution is 6.31. The first-order valence-corrected chi connectivity index (χ1v) is 9.66. The van der Waals surface area contributed by atoms with E-state index in [2.05, 4.69) is 5.10 Å². The van der Waals surface area contributed by atoms with Crippen LogP contribution < -0.4 is 4.90 Å². The van der Waals surface area contributed by atoms with E-state index in [0.29, 0.717) is 22.9 Å². The summed E-state index contributed by atoms with van der Waals surface area (Å²) in [7, 11) is 0. The number of carbonyl (C=O) groups is 2. The Morgan fingerprint density at radius 2 is 1.74 bits per heavy atom. The van der Waals surface area contributed by atoms with E-state index >= 15 is 0 Å². The van der Waals surface area contributed by atoms with Crippen LogP contribution in [0.1, 0.15) is 29.8 Å². The third-order valence-electron chi connectivity index (χ3n) is 6.13. The second kappa shape index (κ2) is 5.91. The third kappa shape index (κ3) is 2.33. The molecule has 27 heavy (non-hydrogen) atoms. The van der Waals surface area contributed by atoms with Gasteiger partial charge in [-0.2, -0.15) is 5.10 Å². The monoisotopic (exact) mass is 385 g/mol. The normalized spacial score (nSPS) is 29.1. The Morgan fingerprint density at radius 3 is 2.37 bits per heavy atom. The van der Waals surface area contributed by atoms with Crippen molar-refractivity contribution in [1.82, 2.24) is 9.78 Å². The van der Waals surface area contributed by atoms with Crippen LogP contribution >= 0.6 is 11.6 Å². The van der Waals surface area contributed by atoms with Gasteiger partial charge >= 0.3 is 0 Å². The number of anilines is 1. The molecule has 3 fully saturated rings. The molecule has 4 heterocycles. The van der Waals surface area contributed by atoms with Gasteiger partial charge in [0.25, 0.3) is 0 Å². The zero-order valence-corrected chi connectivity index (χ0v) is 15.9. The number of aromatic nitrogens is 2. The summed E-state index contributed by atoms with van der Waals surface area (Å²) in [6.07, 6.45) is 1.51. The Morgan fingerprint density at radius 1 is 1.11 bits per heavy atom. The highest BCUT2D eigenvalue weighted by atomic mass is 35.5. The number of hydrogen-bond donors (Lipinski definition) is 0. The predicted octanol–water partition coefficient (Wildman–Crippen LogP) is 2.87. The Hall–Kier alpha value is -2.18. The number of benzene rings is 1. The molecule has 140 valence electrons. The lowest BCUT2D eigenvalue weighted by Gasteiger charge is -2.18. The number of nitrogens with zero attached hydrogens (tertiary/aromatic N) is 3. The maximum Gasteiger partial charge on any atom is 0.240 e. The number of fused-ring (bicyclic) bond motifs is 5. The molecule has 0 spiro atoms. The first-order chi connectivity index (χ1) is 13.0. The molecule has 4 atom stereocenters. The van der Waals surface area contributed by atoms with Crippen molar-refractivity contribution < 1.29 is 14.3 Å². The molecule has 0 N–H and O–H groups in total. The summed E-state index contributed by atoms with van der Waals surface area (Å²) in [4.78, 5) is 27.5. The van der Waals surface area contributed by atoms with Crippen molar-refractivity contribution >= 4 is 29.1 Å². The van der Waals surface area contributed by atoms with E-state index in [1.54, 1.807) is 0 Å². The number of imide groups is 1. The fraction of sp³-hybridized carbons (Fsp3) is 0.450. The summed E-state index contributed by atoms with van der Waals surface area (Å²) < 4.78 is 7.63. The summed E-state index contributed by atoms with van der Waals surface area (Å²) in [6.45, 7) is 4.22. The number of ether oxygens (including phenoxy) is 1. The van der Waals surface area contributed by atoms with Gasteiger partial charge in [-0.15, -0.1) is 0 Å². The van der Waals surface area contributed by atoms with Gasteiger partial charge in [0.2, 0.25) is 11.8 Å². The molecule has 3 aliphatic heterocycles. The van der Waals surface area contributed by atoms with Crippen LogP contribution in [0.25, 0.3) is 0 Å². The molecule has 0 aliphatic carbocycles. The summed E-state index contributed by atoms with van der Waals surface area (Å²) in [5.41, 5.74) is 3.03. The predicted molar refractivity (Wildman–Crippen MR) is 99.6 cm³/mol. The standard InChI is InChI=1S/C20H20ClN3O3/c1-10-18(11(2)23(22-10)9-12-5-3-4-6-13(12)21)24-19(25)16-14-7-8-15(27-14)17(16)20(24)26/h3-6,14-17H,7-9H2,1-2H3/t14-,15-,16-,17+/m0/s1. The summed E-state index contributed by atoms with van der Waals surface area (Å²) in [5, 5.41) is 5.26. The smallest absolute Gasteiger partial charge is 0.240 e. The number of rotatable bonds is 3. The van der Waals surface area contributed by atoms with Crippen molar-refractivity contribution in [3.8, 4) is 0 Å². The molecule has 0 radical (unpaired) electrons. The molecule has 3 aliphatic rings. The Kier molecular flexibility index (Phi) is 3.71. The molecule has 6 nitrogen and oxygen atoms in total. The van der Waals surface area contributed by atoms with Crippen molar-refractivity contribution in [3.63, 3.8) is 0 Å². The zero-order valence-electron chi connectivity index (χ0n) is 15.2. The first-order valence-electron chi connectivity index (χ1n) is 9.28. The minimum Gasteiger partial charge on any atom is -0.373 e. The van der Waals surface area contributed by atoms with E-state index in [0.717, 1.165) is 24.1 Å². The molecule has 3 saturated heterocycles. The number of aryl methyl sites for hydroxylation is 1. The van der Waals surface area contributed by atoms with Gasteiger partial charge in [-0.25, -0.2) is 4.90 Å². The van der Waals surface area contributed by atoms with Crippen LogP contribution in [0.5, 0.6) is 0 Å². The molecule has 0 unspecified atom stereocenters. The molecule has 0 saturated carbocycles. The molecule has 1 aromatic carbocycles. The van der Waals surface area contributed by atoms with Crippen molar-refractivity contribution in [2.24, 2.45) is 11.8 Å². The molecule has 2 aromatic rings. The molecule has 2 bridgehead atoms. The lowest BCUT2D eigenvalue weighted by atomic mass is 9.81. The summed E-state index contributed by atoms with van der Waals surface area (Å²) in [5.74, 6) is -0.940. The maximum atomic E-state index is 13.1. The minimum absolute atomic E-state index is 0.111. The Bertz CT molecular complexity index is 941. The number of carbonyl (C=O) groups excluding carboxylic acids is 2. The van der Waals surface area contributed by atoms with Gasteiger partial charge in [-0.05, 0) is 38.3 Å². The van der Waals surface area contributed by atoms with Crippen LogP contribution in [0.15, 0.2) is 24.3 Å². The molecular weight excluding hydrogens is 366 g/mol. The van der Waals surface area contributed by atoms with Crippen molar-refractivity contribution in [1.29, 1.82) is 0 Å². The van der Waals surface area contributed by atoms with Gasteiger partial charge in [-0.1, -0.05) is 29.8 Å². The number of hydrogen-bond acceptors (Lipinski definition) is 4. The fourth-order valence-corrected chi connectivity index (χ4v) is 5.08. The second-order valence-electron chi connectivity index (χ2n) is 7.62. The van der Waals surface area contributed by atoms with Crippen LogP contribution in [-0.4, -0.2) is 33.8 Å². The molecule has 2 amide bonds. The highest BCUT2D eigenvalue weighted by Crippen LogP contribution is 2.50. The maximum absolute atomic E-state index is 13.1. The second-order valence-corrected chi connectivity index (χ2v) is 8.03. The van der Waals surface area contributed by atoms with Crippen molar-refractivity contribution in [2.45, 2.75) is 45.4 Å². The number of amides is 2. The van der Waals surface area contributed by atoms with E-state index in [4.69, 9.17) is 16.3 Å². The van der Waals surface area contributed by atoms with E-state index in [1.807, 2.05) is 42.8 Å².